The van der Waals surface area contributed by atoms with Crippen LogP contribution >= 0.6 is 11.6 Å². The number of imidazole rings is 1. The summed E-state index contributed by atoms with van der Waals surface area (Å²) in [6, 6.07) is 10.2. The smallest absolute Gasteiger partial charge is 0.253 e. The molecule has 0 aliphatic carbocycles. The number of aryl methyl sites for hydroxylation is 2. The Bertz CT molecular complexity index is 1360. The van der Waals surface area contributed by atoms with E-state index in [1.807, 2.05) is 44.2 Å². The highest BCUT2D eigenvalue weighted by molar-refractivity contribution is 6.30. The van der Waals surface area contributed by atoms with Gasteiger partial charge in [0, 0.05) is 50.7 Å². The second kappa shape index (κ2) is 11.3. The fourth-order valence-electron chi connectivity index (χ4n) is 5.09. The van der Waals surface area contributed by atoms with Gasteiger partial charge in [0.1, 0.15) is 11.9 Å². The zero-order valence-electron chi connectivity index (χ0n) is 22.3. The number of likely N-dealkylation sites (tertiary alicyclic amines) is 1. The fourth-order valence-corrected chi connectivity index (χ4v) is 5.29. The first-order chi connectivity index (χ1) is 18.1. The predicted molar refractivity (Wildman–Crippen MR) is 147 cm³/mol. The minimum atomic E-state index is -0.930. The Morgan fingerprint density at radius 3 is 2.63 bits per heavy atom. The first kappa shape index (κ1) is 27.3. The van der Waals surface area contributed by atoms with Crippen molar-refractivity contribution in [2.45, 2.75) is 45.1 Å². The third-order valence-corrected chi connectivity index (χ3v) is 7.36. The summed E-state index contributed by atoms with van der Waals surface area (Å²) in [5.41, 5.74) is 2.60. The number of β-lactam (4-membered cyclic amide) rings is 1. The Hall–Kier alpha value is -3.72. The highest BCUT2D eigenvalue weighted by atomic mass is 35.5. The van der Waals surface area contributed by atoms with Gasteiger partial charge in [-0.1, -0.05) is 30.7 Å². The summed E-state index contributed by atoms with van der Waals surface area (Å²) in [4.78, 5) is 52.0. The lowest BCUT2D eigenvalue weighted by atomic mass is 9.80. The number of carbonyl (C=O) groups excluding carboxylic acids is 3. The Morgan fingerprint density at radius 1 is 1.24 bits per heavy atom. The monoisotopic (exact) mass is 536 g/mol. The second-order valence-corrected chi connectivity index (χ2v) is 10.1. The molecular formula is C28H33ClN6O3. The number of nitrogens with zero attached hydrogens (tertiary/aromatic N) is 5. The summed E-state index contributed by atoms with van der Waals surface area (Å²) >= 11 is 6.18. The molecule has 0 radical (unpaired) electrons. The highest BCUT2D eigenvalue weighted by Gasteiger charge is 2.55. The summed E-state index contributed by atoms with van der Waals surface area (Å²) in [6.45, 7) is 3.86. The largest absolute Gasteiger partial charge is 0.373 e. The van der Waals surface area contributed by atoms with Gasteiger partial charge in [0.2, 0.25) is 17.8 Å². The molecular weight excluding hydrogens is 504 g/mol. The lowest BCUT2D eigenvalue weighted by molar-refractivity contribution is -0.170. The molecule has 3 aromatic rings. The molecule has 0 unspecified atom stereocenters. The van der Waals surface area contributed by atoms with Crippen molar-refractivity contribution in [1.29, 1.82) is 0 Å². The molecule has 1 aliphatic rings. The SMILES string of the molecule is CC[C@@H](CC(=O)N1C(=O)[C@H](Cc2cc(C)nc(NC)c2)[C@H]1C(=O)N(C)c1nccn1C)c1cccc(Cl)c1. The quantitative estimate of drug-likeness (QED) is 0.415. The van der Waals surface area contributed by atoms with E-state index in [1.54, 1.807) is 44.2 Å². The number of anilines is 2. The molecule has 0 bridgehead atoms. The third kappa shape index (κ3) is 5.43. The van der Waals surface area contributed by atoms with Crippen molar-refractivity contribution in [3.63, 3.8) is 0 Å². The standard InChI is InChI=1S/C28H33ClN6O3/c1-6-19(20-8-7-9-21(29)15-20)16-24(36)35-25(27(38)34(5)28-31-10-11-33(28)4)22(26(35)37)13-18-12-17(2)32-23(14-18)30-3/h7-12,14-15,19,22,25H,6,13,16H2,1-5H3,(H,30,32)/t19-,22+,25-/m0/s1. The van der Waals surface area contributed by atoms with Crippen LogP contribution in [0.3, 0.4) is 0 Å². The second-order valence-electron chi connectivity index (χ2n) is 9.71. The van der Waals surface area contributed by atoms with E-state index >= 15 is 0 Å². The first-order valence-electron chi connectivity index (χ1n) is 12.7. The van der Waals surface area contributed by atoms with Crippen LogP contribution in [0.4, 0.5) is 11.8 Å². The molecule has 1 fully saturated rings. The molecule has 3 atom stereocenters. The number of benzene rings is 1. The molecule has 0 spiro atoms. The Morgan fingerprint density at radius 2 is 2.00 bits per heavy atom. The average Bonchev–Trinajstić information content (AvgIpc) is 3.33. The van der Waals surface area contributed by atoms with E-state index in [-0.39, 0.29) is 30.1 Å². The molecule has 9 nitrogen and oxygen atoms in total. The topological polar surface area (TPSA) is 100 Å². The van der Waals surface area contributed by atoms with Gasteiger partial charge < -0.3 is 9.88 Å². The number of pyridine rings is 1. The minimum Gasteiger partial charge on any atom is -0.373 e. The lowest BCUT2D eigenvalue weighted by Gasteiger charge is -2.46. The van der Waals surface area contributed by atoms with Gasteiger partial charge in [-0.15, -0.1) is 0 Å². The molecule has 38 heavy (non-hydrogen) atoms. The van der Waals surface area contributed by atoms with E-state index < -0.39 is 12.0 Å². The normalized spacial score (nSPS) is 17.6. The molecule has 3 amide bonds. The summed E-state index contributed by atoms with van der Waals surface area (Å²) < 4.78 is 1.72. The number of aromatic nitrogens is 3. The van der Waals surface area contributed by atoms with Gasteiger partial charge in [-0.25, -0.2) is 9.97 Å². The van der Waals surface area contributed by atoms with Gasteiger partial charge >= 0.3 is 0 Å². The van der Waals surface area contributed by atoms with Crippen LogP contribution < -0.4 is 10.2 Å². The summed E-state index contributed by atoms with van der Waals surface area (Å²) in [6.07, 6.45) is 4.44. The Balaban J connectivity index is 1.62. The fraction of sp³-hybridized carbons (Fsp3) is 0.393. The summed E-state index contributed by atoms with van der Waals surface area (Å²) in [7, 11) is 5.18. The maximum Gasteiger partial charge on any atom is 0.253 e. The van der Waals surface area contributed by atoms with Crippen molar-refractivity contribution in [2.24, 2.45) is 13.0 Å². The van der Waals surface area contributed by atoms with Crippen LogP contribution in [0, 0.1) is 12.8 Å². The van der Waals surface area contributed by atoms with E-state index in [1.165, 1.54) is 4.90 Å². The zero-order valence-corrected chi connectivity index (χ0v) is 23.1. The van der Waals surface area contributed by atoms with E-state index in [9.17, 15) is 14.4 Å². The van der Waals surface area contributed by atoms with Crippen LogP contribution in [-0.4, -0.2) is 57.3 Å². The molecule has 2 aromatic heterocycles. The van der Waals surface area contributed by atoms with E-state index in [0.717, 1.165) is 21.7 Å². The number of carbonyl (C=O) groups is 3. The lowest BCUT2D eigenvalue weighted by Crippen LogP contribution is -2.69. The maximum atomic E-state index is 13.8. The van der Waals surface area contributed by atoms with Crippen LogP contribution in [0.5, 0.6) is 0 Å². The zero-order chi connectivity index (χ0) is 27.6. The molecule has 10 heteroatoms. The Labute approximate surface area is 227 Å². The molecule has 1 aromatic carbocycles. The predicted octanol–water partition coefficient (Wildman–Crippen LogP) is 3.96. The number of halogens is 1. The number of nitrogens with one attached hydrogen (secondary N) is 1. The molecule has 3 heterocycles. The number of imide groups is 1. The van der Waals surface area contributed by atoms with Crippen molar-refractivity contribution in [1.82, 2.24) is 19.4 Å². The average molecular weight is 537 g/mol. The van der Waals surface area contributed by atoms with Crippen LogP contribution in [0.15, 0.2) is 48.8 Å². The van der Waals surface area contributed by atoms with Gasteiger partial charge in [-0.2, -0.15) is 0 Å². The van der Waals surface area contributed by atoms with Gasteiger partial charge in [0.25, 0.3) is 5.91 Å². The van der Waals surface area contributed by atoms with Crippen molar-refractivity contribution in [3.05, 3.63) is 70.6 Å². The van der Waals surface area contributed by atoms with Crippen molar-refractivity contribution < 1.29 is 14.4 Å². The van der Waals surface area contributed by atoms with E-state index in [2.05, 4.69) is 15.3 Å². The maximum absolute atomic E-state index is 13.8. The van der Waals surface area contributed by atoms with Crippen LogP contribution in [0.2, 0.25) is 5.02 Å². The number of likely N-dealkylation sites (N-methyl/N-ethyl adjacent to an activating group) is 1. The molecule has 1 N–H and O–H groups in total. The van der Waals surface area contributed by atoms with E-state index in [0.29, 0.717) is 29.6 Å². The van der Waals surface area contributed by atoms with Crippen molar-refractivity contribution in [2.75, 3.05) is 24.3 Å². The number of rotatable bonds is 9. The van der Waals surface area contributed by atoms with Gasteiger partial charge in [-0.05, 0) is 61.1 Å². The molecule has 200 valence electrons. The minimum absolute atomic E-state index is 0.101. The number of hydrogen-bond donors (Lipinski definition) is 1. The molecule has 1 aliphatic heterocycles. The highest BCUT2D eigenvalue weighted by Crippen LogP contribution is 2.35. The van der Waals surface area contributed by atoms with Gasteiger partial charge in [-0.3, -0.25) is 24.2 Å². The molecule has 4 rings (SSSR count). The molecule has 1 saturated heterocycles. The van der Waals surface area contributed by atoms with Crippen LogP contribution in [-0.2, 0) is 27.9 Å². The van der Waals surface area contributed by atoms with Crippen LogP contribution in [0.1, 0.15) is 42.5 Å². The summed E-state index contributed by atoms with van der Waals surface area (Å²) in [5.74, 6) is -0.755. The van der Waals surface area contributed by atoms with Gasteiger partial charge in [0.15, 0.2) is 0 Å². The summed E-state index contributed by atoms with van der Waals surface area (Å²) in [5, 5.41) is 3.61. The van der Waals surface area contributed by atoms with Crippen molar-refractivity contribution >= 4 is 41.1 Å². The third-order valence-electron chi connectivity index (χ3n) is 7.12. The molecule has 0 saturated carbocycles. The van der Waals surface area contributed by atoms with Crippen molar-refractivity contribution in [3.8, 4) is 0 Å². The van der Waals surface area contributed by atoms with E-state index in [4.69, 9.17) is 11.6 Å². The number of hydrogen-bond acceptors (Lipinski definition) is 6. The van der Waals surface area contributed by atoms with Gasteiger partial charge in [0.05, 0.1) is 5.92 Å². The first-order valence-corrected chi connectivity index (χ1v) is 13.0. The van der Waals surface area contributed by atoms with Crippen LogP contribution in [0.25, 0.3) is 0 Å². The number of amides is 3. The Kier molecular flexibility index (Phi) is 8.16.